The van der Waals surface area contributed by atoms with Crippen molar-refractivity contribution in [2.75, 3.05) is 7.11 Å². The van der Waals surface area contributed by atoms with Crippen molar-refractivity contribution in [2.45, 2.75) is 0 Å². The van der Waals surface area contributed by atoms with Crippen LogP contribution in [-0.4, -0.2) is 30.8 Å². The standard InChI is InChI=1S/C29H21FN2O4/c1-35-26-18-20(16-17-25(26)36-29(34)23-14-8-9-15-24(23)30)19-31-32-27(21-10-4-2-5-11-21)28(33)22-12-6-3-7-13-22/h2-19H,1H3/b31-19-,32-27-. The van der Waals surface area contributed by atoms with Gasteiger partial charge in [0.2, 0.25) is 5.78 Å². The van der Waals surface area contributed by atoms with Crippen molar-refractivity contribution >= 4 is 23.7 Å². The lowest BCUT2D eigenvalue weighted by molar-refractivity contribution is 0.0724. The van der Waals surface area contributed by atoms with Crippen molar-refractivity contribution in [2.24, 2.45) is 10.2 Å². The lowest BCUT2D eigenvalue weighted by Gasteiger charge is -2.10. The number of carbonyl (C=O) groups excluding carboxylic acids is 2. The van der Waals surface area contributed by atoms with Gasteiger partial charge in [0.15, 0.2) is 11.5 Å². The Morgan fingerprint density at radius 2 is 1.42 bits per heavy atom. The third kappa shape index (κ3) is 5.77. The van der Waals surface area contributed by atoms with Crippen molar-refractivity contribution in [1.29, 1.82) is 0 Å². The van der Waals surface area contributed by atoms with Crippen molar-refractivity contribution in [3.05, 3.63) is 131 Å². The first kappa shape index (κ1) is 24.2. The van der Waals surface area contributed by atoms with Gasteiger partial charge < -0.3 is 9.47 Å². The van der Waals surface area contributed by atoms with E-state index in [0.29, 0.717) is 16.7 Å². The van der Waals surface area contributed by atoms with Crippen LogP contribution in [0, 0.1) is 5.82 Å². The van der Waals surface area contributed by atoms with Crippen LogP contribution in [0.5, 0.6) is 11.5 Å². The molecule has 0 unspecified atom stereocenters. The lowest BCUT2D eigenvalue weighted by atomic mass is 10.0. The Morgan fingerprint density at radius 1 is 0.778 bits per heavy atom. The minimum Gasteiger partial charge on any atom is -0.493 e. The zero-order valence-electron chi connectivity index (χ0n) is 19.3. The van der Waals surface area contributed by atoms with Crippen LogP contribution < -0.4 is 9.47 Å². The second kappa shape index (κ2) is 11.5. The highest BCUT2D eigenvalue weighted by molar-refractivity contribution is 6.51. The van der Waals surface area contributed by atoms with Crippen molar-refractivity contribution in [1.82, 2.24) is 0 Å². The summed E-state index contributed by atoms with van der Waals surface area (Å²) in [4.78, 5) is 25.4. The number of methoxy groups -OCH3 is 1. The molecule has 0 aliphatic rings. The maximum absolute atomic E-state index is 13.9. The summed E-state index contributed by atoms with van der Waals surface area (Å²) in [5.74, 6) is -1.41. The van der Waals surface area contributed by atoms with E-state index in [1.165, 1.54) is 37.6 Å². The number of esters is 1. The van der Waals surface area contributed by atoms with Crippen LogP contribution in [0.1, 0.15) is 31.8 Å². The number of rotatable bonds is 8. The molecule has 0 aliphatic heterocycles. The molecule has 0 saturated heterocycles. The summed E-state index contributed by atoms with van der Waals surface area (Å²) in [6.45, 7) is 0. The van der Waals surface area contributed by atoms with Gasteiger partial charge in [0, 0.05) is 11.1 Å². The molecule has 0 heterocycles. The molecule has 36 heavy (non-hydrogen) atoms. The van der Waals surface area contributed by atoms with Crippen molar-refractivity contribution in [3.8, 4) is 11.5 Å². The van der Waals surface area contributed by atoms with Crippen LogP contribution >= 0.6 is 0 Å². The van der Waals surface area contributed by atoms with E-state index in [9.17, 15) is 14.0 Å². The van der Waals surface area contributed by atoms with Gasteiger partial charge in [0.1, 0.15) is 11.5 Å². The molecular weight excluding hydrogens is 459 g/mol. The molecule has 0 atom stereocenters. The summed E-state index contributed by atoms with van der Waals surface area (Å²) in [7, 11) is 1.42. The van der Waals surface area contributed by atoms with E-state index in [-0.39, 0.29) is 28.6 Å². The molecule has 6 nitrogen and oxygen atoms in total. The molecule has 4 aromatic carbocycles. The molecule has 0 aliphatic carbocycles. The summed E-state index contributed by atoms with van der Waals surface area (Å²) < 4.78 is 24.5. The van der Waals surface area contributed by atoms with Gasteiger partial charge in [-0.1, -0.05) is 72.8 Å². The number of nitrogens with zero attached hydrogens (tertiary/aromatic N) is 2. The van der Waals surface area contributed by atoms with Crippen molar-refractivity contribution in [3.63, 3.8) is 0 Å². The SMILES string of the molecule is COc1cc(/C=N\N=C(/C(=O)c2ccccc2)c2ccccc2)ccc1OC(=O)c1ccccc1F. The smallest absolute Gasteiger partial charge is 0.346 e. The second-order valence-electron chi connectivity index (χ2n) is 7.53. The summed E-state index contributed by atoms with van der Waals surface area (Å²) in [6, 6.07) is 28.2. The third-order valence-electron chi connectivity index (χ3n) is 5.15. The molecule has 0 bridgehead atoms. The van der Waals surface area contributed by atoms with Gasteiger partial charge in [0.25, 0.3) is 0 Å². The highest BCUT2D eigenvalue weighted by Gasteiger charge is 2.17. The normalized spacial score (nSPS) is 11.3. The van der Waals surface area contributed by atoms with Crippen LogP contribution in [0.4, 0.5) is 4.39 Å². The number of ether oxygens (including phenoxy) is 2. The van der Waals surface area contributed by atoms with E-state index in [0.717, 1.165) is 0 Å². The molecular formula is C29H21FN2O4. The van der Waals surface area contributed by atoms with Crippen LogP contribution in [-0.2, 0) is 0 Å². The Hall–Kier alpha value is -4.91. The zero-order valence-corrected chi connectivity index (χ0v) is 19.3. The zero-order chi connectivity index (χ0) is 25.3. The molecule has 0 radical (unpaired) electrons. The first-order chi connectivity index (χ1) is 17.6. The van der Waals surface area contributed by atoms with E-state index < -0.39 is 11.8 Å². The predicted molar refractivity (Wildman–Crippen MR) is 136 cm³/mol. The van der Waals surface area contributed by atoms with Gasteiger partial charge in [0.05, 0.1) is 18.9 Å². The number of Topliss-reactive ketones (excluding diaryl/α,β-unsaturated/α-hetero) is 1. The molecule has 4 aromatic rings. The molecule has 0 amide bonds. The maximum atomic E-state index is 13.9. The maximum Gasteiger partial charge on any atom is 0.346 e. The highest BCUT2D eigenvalue weighted by atomic mass is 19.1. The van der Waals surface area contributed by atoms with E-state index in [2.05, 4.69) is 10.2 Å². The minimum absolute atomic E-state index is 0.121. The largest absolute Gasteiger partial charge is 0.493 e. The first-order valence-corrected chi connectivity index (χ1v) is 11.0. The lowest BCUT2D eigenvalue weighted by Crippen LogP contribution is -2.15. The van der Waals surface area contributed by atoms with Gasteiger partial charge in [-0.25, -0.2) is 9.18 Å². The van der Waals surface area contributed by atoms with Crippen LogP contribution in [0.2, 0.25) is 0 Å². The summed E-state index contributed by atoms with van der Waals surface area (Å²) >= 11 is 0. The van der Waals surface area contributed by atoms with Gasteiger partial charge >= 0.3 is 5.97 Å². The summed E-state index contributed by atoms with van der Waals surface area (Å²) in [5.41, 5.74) is 1.73. The number of ketones is 1. The average molecular weight is 480 g/mol. The predicted octanol–water partition coefficient (Wildman–Crippen LogP) is 5.76. The topological polar surface area (TPSA) is 77.3 Å². The van der Waals surface area contributed by atoms with Crippen LogP contribution in [0.25, 0.3) is 0 Å². The van der Waals surface area contributed by atoms with Gasteiger partial charge in [-0.3, -0.25) is 4.79 Å². The fraction of sp³-hybridized carbons (Fsp3) is 0.0345. The number of benzene rings is 4. The van der Waals surface area contributed by atoms with Gasteiger partial charge in [-0.05, 0) is 35.9 Å². The van der Waals surface area contributed by atoms with Gasteiger partial charge in [-0.15, -0.1) is 5.10 Å². The van der Waals surface area contributed by atoms with E-state index in [1.54, 1.807) is 54.6 Å². The van der Waals surface area contributed by atoms with Crippen LogP contribution in [0.3, 0.4) is 0 Å². The molecule has 0 saturated carbocycles. The Bertz CT molecular complexity index is 1430. The van der Waals surface area contributed by atoms with E-state index in [1.807, 2.05) is 24.3 Å². The quantitative estimate of drug-likeness (QED) is 0.106. The van der Waals surface area contributed by atoms with Gasteiger partial charge in [-0.2, -0.15) is 5.10 Å². The van der Waals surface area contributed by atoms with Crippen LogP contribution in [0.15, 0.2) is 113 Å². The molecule has 0 fully saturated rings. The fourth-order valence-corrected chi connectivity index (χ4v) is 3.34. The first-order valence-electron chi connectivity index (χ1n) is 11.0. The minimum atomic E-state index is -0.843. The highest BCUT2D eigenvalue weighted by Crippen LogP contribution is 2.28. The fourth-order valence-electron chi connectivity index (χ4n) is 3.34. The summed E-state index contributed by atoms with van der Waals surface area (Å²) in [5, 5.41) is 8.33. The number of hydrogen-bond acceptors (Lipinski definition) is 6. The molecule has 178 valence electrons. The Morgan fingerprint density at radius 3 is 2.08 bits per heavy atom. The number of halogens is 1. The average Bonchev–Trinajstić information content (AvgIpc) is 2.92. The Balaban J connectivity index is 1.58. The van der Waals surface area contributed by atoms with E-state index >= 15 is 0 Å². The summed E-state index contributed by atoms with van der Waals surface area (Å²) in [6.07, 6.45) is 1.45. The molecule has 4 rings (SSSR count). The molecule has 7 heteroatoms. The molecule has 0 spiro atoms. The molecule has 0 aromatic heterocycles. The monoisotopic (exact) mass is 480 g/mol. The van der Waals surface area contributed by atoms with Crippen molar-refractivity contribution < 1.29 is 23.5 Å². The Labute approximate surface area is 207 Å². The third-order valence-corrected chi connectivity index (χ3v) is 5.15. The number of hydrogen-bond donors (Lipinski definition) is 0. The molecule has 0 N–H and O–H groups in total. The van der Waals surface area contributed by atoms with E-state index in [4.69, 9.17) is 9.47 Å². The Kier molecular flexibility index (Phi) is 7.73. The number of carbonyl (C=O) groups is 2. The second-order valence-corrected chi connectivity index (χ2v) is 7.53.